The highest BCUT2D eigenvalue weighted by Crippen LogP contribution is 2.15. The molecule has 20 heavy (non-hydrogen) atoms. The van der Waals surface area contributed by atoms with E-state index in [1.54, 1.807) is 7.05 Å². The maximum Gasteiger partial charge on any atom is 0.233 e. The molecule has 0 bridgehead atoms. The van der Waals surface area contributed by atoms with Gasteiger partial charge < -0.3 is 20.4 Å². The molecular weight excluding hydrogens is 299 g/mol. The fraction of sp³-hybridized carbons (Fsp3) is 0.923. The van der Waals surface area contributed by atoms with Crippen molar-refractivity contribution < 1.29 is 4.79 Å². The van der Waals surface area contributed by atoms with Gasteiger partial charge in [-0.1, -0.05) is 0 Å². The average molecular weight is 329 g/mol. The van der Waals surface area contributed by atoms with Crippen molar-refractivity contribution >= 4 is 30.7 Å². The number of piperidine rings is 1. The van der Waals surface area contributed by atoms with Crippen molar-refractivity contribution in [3.05, 3.63) is 0 Å². The number of halogens is 2. The first-order valence-electron chi connectivity index (χ1n) is 6.90. The molecule has 0 aliphatic carbocycles. The van der Waals surface area contributed by atoms with E-state index in [1.807, 2.05) is 0 Å². The summed E-state index contributed by atoms with van der Waals surface area (Å²) < 4.78 is 0. The zero-order valence-electron chi connectivity index (χ0n) is 12.9. The maximum absolute atomic E-state index is 11.3. The Morgan fingerprint density at radius 1 is 1.25 bits per heavy atom. The minimum Gasteiger partial charge on any atom is -0.355 e. The molecule has 1 rings (SSSR count). The number of carbonyl (C=O) groups is 1. The van der Waals surface area contributed by atoms with Crippen LogP contribution >= 0.6 is 24.8 Å². The van der Waals surface area contributed by atoms with E-state index in [4.69, 9.17) is 0 Å². The molecule has 1 aliphatic rings. The highest BCUT2D eigenvalue weighted by atomic mass is 35.5. The van der Waals surface area contributed by atoms with Crippen molar-refractivity contribution in [1.29, 1.82) is 0 Å². The van der Waals surface area contributed by atoms with Gasteiger partial charge in [-0.15, -0.1) is 24.8 Å². The lowest BCUT2D eigenvalue weighted by molar-refractivity contribution is -0.120. The molecule has 0 aromatic heterocycles. The van der Waals surface area contributed by atoms with Crippen molar-refractivity contribution in [2.24, 2.45) is 5.92 Å². The molecule has 0 unspecified atom stereocenters. The summed E-state index contributed by atoms with van der Waals surface area (Å²) in [5.41, 5.74) is 0. The van der Waals surface area contributed by atoms with Crippen LogP contribution in [0, 0.1) is 5.92 Å². The molecule has 0 aromatic rings. The van der Waals surface area contributed by atoms with Crippen molar-refractivity contribution in [2.75, 3.05) is 60.4 Å². The van der Waals surface area contributed by atoms with Crippen molar-refractivity contribution in [3.8, 4) is 0 Å². The van der Waals surface area contributed by atoms with Gasteiger partial charge in [0.1, 0.15) is 0 Å². The highest BCUT2D eigenvalue weighted by molar-refractivity contribution is 5.85. The number of likely N-dealkylation sites (N-methyl/N-ethyl adjacent to an activating group) is 2. The molecular formula is C13H30Cl2N4O. The van der Waals surface area contributed by atoms with E-state index in [0.717, 1.165) is 19.6 Å². The van der Waals surface area contributed by atoms with Gasteiger partial charge in [0.2, 0.25) is 5.91 Å². The maximum atomic E-state index is 11.3. The first-order chi connectivity index (χ1) is 8.61. The number of hydrogen-bond donors (Lipinski definition) is 2. The van der Waals surface area contributed by atoms with E-state index in [1.165, 1.54) is 25.9 Å². The van der Waals surface area contributed by atoms with E-state index in [-0.39, 0.29) is 30.7 Å². The molecule has 122 valence electrons. The van der Waals surface area contributed by atoms with Crippen LogP contribution in [0.1, 0.15) is 12.8 Å². The summed E-state index contributed by atoms with van der Waals surface area (Å²) in [5.74, 6) is 0.758. The Balaban J connectivity index is 0. The lowest BCUT2D eigenvalue weighted by atomic mass is 9.97. The SMILES string of the molecule is CNCC(=O)NCC1CCN(CCN(C)C)CC1.Cl.Cl. The molecule has 0 atom stereocenters. The van der Waals surface area contributed by atoms with Gasteiger partial charge >= 0.3 is 0 Å². The third kappa shape index (κ3) is 9.77. The van der Waals surface area contributed by atoms with Crippen LogP contribution in [0.25, 0.3) is 0 Å². The summed E-state index contributed by atoms with van der Waals surface area (Å²) in [6.07, 6.45) is 2.40. The highest BCUT2D eigenvalue weighted by Gasteiger charge is 2.19. The Kier molecular flexibility index (Phi) is 14.1. The van der Waals surface area contributed by atoms with Crippen LogP contribution < -0.4 is 10.6 Å². The average Bonchev–Trinajstić information content (AvgIpc) is 2.35. The van der Waals surface area contributed by atoms with Crippen LogP contribution in [0.5, 0.6) is 0 Å². The summed E-state index contributed by atoms with van der Waals surface area (Å²) in [7, 11) is 6.02. The van der Waals surface area contributed by atoms with Gasteiger partial charge in [0.25, 0.3) is 0 Å². The Labute approximate surface area is 135 Å². The molecule has 1 saturated heterocycles. The minimum atomic E-state index is 0. The predicted octanol–water partition coefficient (Wildman–Crippen LogP) is 0.439. The number of rotatable bonds is 7. The van der Waals surface area contributed by atoms with E-state index in [9.17, 15) is 4.79 Å². The summed E-state index contributed by atoms with van der Waals surface area (Å²) in [6.45, 7) is 5.87. The van der Waals surface area contributed by atoms with Crippen LogP contribution in [-0.4, -0.2) is 76.1 Å². The fourth-order valence-corrected chi connectivity index (χ4v) is 2.24. The van der Waals surface area contributed by atoms with Crippen molar-refractivity contribution in [1.82, 2.24) is 20.4 Å². The Morgan fingerprint density at radius 3 is 2.35 bits per heavy atom. The van der Waals surface area contributed by atoms with E-state index in [2.05, 4.69) is 34.5 Å². The van der Waals surface area contributed by atoms with Crippen molar-refractivity contribution in [2.45, 2.75) is 12.8 Å². The number of nitrogens with zero attached hydrogens (tertiary/aromatic N) is 2. The van der Waals surface area contributed by atoms with Gasteiger partial charge in [0.15, 0.2) is 0 Å². The van der Waals surface area contributed by atoms with Gasteiger partial charge in [-0.2, -0.15) is 0 Å². The number of likely N-dealkylation sites (tertiary alicyclic amines) is 1. The summed E-state index contributed by atoms with van der Waals surface area (Å²) in [6, 6.07) is 0. The van der Waals surface area contributed by atoms with E-state index < -0.39 is 0 Å². The molecule has 0 radical (unpaired) electrons. The Hall–Kier alpha value is -0.0700. The monoisotopic (exact) mass is 328 g/mol. The summed E-state index contributed by atoms with van der Waals surface area (Å²) in [4.78, 5) is 16.1. The lowest BCUT2D eigenvalue weighted by Crippen LogP contribution is -2.42. The molecule has 1 fully saturated rings. The molecule has 1 heterocycles. The predicted molar refractivity (Wildman–Crippen MR) is 89.2 cm³/mol. The second kappa shape index (κ2) is 12.7. The summed E-state index contributed by atoms with van der Waals surface area (Å²) >= 11 is 0. The number of nitrogens with one attached hydrogen (secondary N) is 2. The third-order valence-corrected chi connectivity index (χ3v) is 3.50. The molecule has 5 nitrogen and oxygen atoms in total. The number of amides is 1. The quantitative estimate of drug-likeness (QED) is 0.712. The van der Waals surface area contributed by atoms with Gasteiger partial charge in [-0.25, -0.2) is 0 Å². The third-order valence-electron chi connectivity index (χ3n) is 3.50. The van der Waals surface area contributed by atoms with Crippen LogP contribution in [0.3, 0.4) is 0 Å². The zero-order valence-corrected chi connectivity index (χ0v) is 14.5. The standard InChI is InChI=1S/C13H28N4O.2ClH/c1-14-11-13(18)15-10-12-4-6-17(7-5-12)9-8-16(2)3;;/h12,14H,4-11H2,1-3H3,(H,15,18);2*1H. The lowest BCUT2D eigenvalue weighted by Gasteiger charge is -2.32. The van der Waals surface area contributed by atoms with Gasteiger partial charge in [0, 0.05) is 19.6 Å². The molecule has 1 amide bonds. The van der Waals surface area contributed by atoms with Gasteiger partial charge in [-0.3, -0.25) is 4.79 Å². The van der Waals surface area contributed by atoms with Gasteiger partial charge in [0.05, 0.1) is 6.54 Å². The first kappa shape index (κ1) is 22.2. The van der Waals surface area contributed by atoms with Crippen LogP contribution in [-0.2, 0) is 4.79 Å². The minimum absolute atomic E-state index is 0. The zero-order chi connectivity index (χ0) is 13.4. The Bertz CT molecular complexity index is 247. The van der Waals surface area contributed by atoms with E-state index >= 15 is 0 Å². The Morgan fingerprint density at radius 2 is 1.85 bits per heavy atom. The second-order valence-corrected chi connectivity index (χ2v) is 5.42. The molecule has 7 heteroatoms. The number of carbonyl (C=O) groups excluding carboxylic acids is 1. The van der Waals surface area contributed by atoms with E-state index in [0.29, 0.717) is 12.5 Å². The second-order valence-electron chi connectivity index (χ2n) is 5.42. The molecule has 1 aliphatic heterocycles. The van der Waals surface area contributed by atoms with Gasteiger partial charge in [-0.05, 0) is 53.0 Å². The normalized spacial score (nSPS) is 16.4. The fourth-order valence-electron chi connectivity index (χ4n) is 2.24. The summed E-state index contributed by atoms with van der Waals surface area (Å²) in [5, 5.41) is 5.85. The smallest absolute Gasteiger partial charge is 0.233 e. The molecule has 0 spiro atoms. The first-order valence-corrected chi connectivity index (χ1v) is 6.90. The van der Waals surface area contributed by atoms with Crippen molar-refractivity contribution in [3.63, 3.8) is 0 Å². The van der Waals surface area contributed by atoms with Crippen LogP contribution in [0.15, 0.2) is 0 Å². The topological polar surface area (TPSA) is 47.6 Å². The molecule has 0 aromatic carbocycles. The van der Waals surface area contributed by atoms with Crippen LogP contribution in [0.2, 0.25) is 0 Å². The molecule has 2 N–H and O–H groups in total. The number of hydrogen-bond acceptors (Lipinski definition) is 4. The molecule has 0 saturated carbocycles. The van der Waals surface area contributed by atoms with Crippen LogP contribution in [0.4, 0.5) is 0 Å². The largest absolute Gasteiger partial charge is 0.355 e.